The van der Waals surface area contributed by atoms with Crippen LogP contribution in [0.1, 0.15) is 11.3 Å². The molecule has 0 bridgehead atoms. The molecule has 4 heteroatoms. The molecule has 0 atom stereocenters. The highest BCUT2D eigenvalue weighted by atomic mass is 79.9. The van der Waals surface area contributed by atoms with E-state index in [4.69, 9.17) is 5.26 Å². The third-order valence-corrected chi connectivity index (χ3v) is 3.30. The molecule has 0 aliphatic heterocycles. The number of hydrogen-bond acceptors (Lipinski definition) is 1. The van der Waals surface area contributed by atoms with Crippen LogP contribution in [0, 0.1) is 24.1 Å². The number of rotatable bonds is 0. The summed E-state index contributed by atoms with van der Waals surface area (Å²) >= 11 is 3.34. The Hall–Kier alpha value is -1.34. The fourth-order valence-electron chi connectivity index (χ4n) is 1.76. The van der Waals surface area contributed by atoms with Gasteiger partial charge < -0.3 is 4.57 Å². The Morgan fingerprint density at radius 3 is 2.73 bits per heavy atom. The molecule has 0 N–H and O–H groups in total. The second-order valence-electron chi connectivity index (χ2n) is 3.38. The molecule has 0 saturated heterocycles. The van der Waals surface area contributed by atoms with E-state index in [0.29, 0.717) is 16.5 Å². The number of aryl methyl sites for hydroxylation is 1. The normalized spacial score (nSPS) is 10.6. The van der Waals surface area contributed by atoms with Gasteiger partial charge >= 0.3 is 0 Å². The topological polar surface area (TPSA) is 28.7 Å². The van der Waals surface area contributed by atoms with E-state index in [1.807, 2.05) is 6.92 Å². The van der Waals surface area contributed by atoms with Crippen molar-refractivity contribution in [2.45, 2.75) is 6.92 Å². The molecule has 0 aliphatic rings. The zero-order valence-corrected chi connectivity index (χ0v) is 9.89. The van der Waals surface area contributed by atoms with E-state index in [9.17, 15) is 4.39 Å². The molecular formula is C11H8BrFN2. The van der Waals surface area contributed by atoms with E-state index in [1.54, 1.807) is 17.7 Å². The Labute approximate surface area is 95.1 Å². The summed E-state index contributed by atoms with van der Waals surface area (Å²) in [5.41, 5.74) is 1.77. The van der Waals surface area contributed by atoms with Gasteiger partial charge in [-0.2, -0.15) is 5.26 Å². The largest absolute Gasteiger partial charge is 0.344 e. The average Bonchev–Trinajstić information content (AvgIpc) is 2.47. The van der Waals surface area contributed by atoms with Gasteiger partial charge in [-0.1, -0.05) is 15.9 Å². The Balaban J connectivity index is 3.11. The summed E-state index contributed by atoms with van der Waals surface area (Å²) < 4.78 is 16.1. The predicted molar refractivity (Wildman–Crippen MR) is 60.0 cm³/mol. The van der Waals surface area contributed by atoms with Gasteiger partial charge in [-0.15, -0.1) is 0 Å². The third kappa shape index (κ3) is 1.27. The average molecular weight is 267 g/mol. The monoisotopic (exact) mass is 266 g/mol. The molecule has 0 unspecified atom stereocenters. The van der Waals surface area contributed by atoms with E-state index in [0.717, 1.165) is 10.2 Å². The van der Waals surface area contributed by atoms with Gasteiger partial charge in [-0.3, -0.25) is 0 Å². The Bertz CT molecular complexity index is 593. The number of fused-ring (bicyclic) bond motifs is 1. The summed E-state index contributed by atoms with van der Waals surface area (Å²) in [6.07, 6.45) is 0. The van der Waals surface area contributed by atoms with E-state index < -0.39 is 0 Å². The second kappa shape index (κ2) is 3.35. The molecule has 2 rings (SSSR count). The van der Waals surface area contributed by atoms with Gasteiger partial charge in [-0.05, 0) is 19.1 Å². The molecule has 0 aliphatic carbocycles. The van der Waals surface area contributed by atoms with Crippen molar-refractivity contribution in [3.05, 3.63) is 33.7 Å². The maximum atomic E-state index is 13.6. The van der Waals surface area contributed by atoms with Gasteiger partial charge in [0.25, 0.3) is 0 Å². The Morgan fingerprint density at radius 1 is 1.47 bits per heavy atom. The summed E-state index contributed by atoms with van der Waals surface area (Å²) in [4.78, 5) is 0. The van der Waals surface area contributed by atoms with E-state index in [-0.39, 0.29) is 5.82 Å². The number of nitrogens with zero attached hydrogens (tertiary/aromatic N) is 2. The van der Waals surface area contributed by atoms with E-state index in [2.05, 4.69) is 22.0 Å². The first kappa shape index (κ1) is 10.2. The zero-order chi connectivity index (χ0) is 11.2. The van der Waals surface area contributed by atoms with Crippen LogP contribution in [0.2, 0.25) is 0 Å². The lowest BCUT2D eigenvalue weighted by atomic mass is 10.1. The van der Waals surface area contributed by atoms with Gasteiger partial charge in [0.1, 0.15) is 11.9 Å². The molecule has 0 fully saturated rings. The fourth-order valence-corrected chi connectivity index (χ4v) is 2.28. The van der Waals surface area contributed by atoms with Gasteiger partial charge in [0.15, 0.2) is 0 Å². The maximum Gasteiger partial charge on any atom is 0.147 e. The van der Waals surface area contributed by atoms with Gasteiger partial charge in [0.05, 0.1) is 11.1 Å². The molecule has 0 amide bonds. The molecule has 1 aromatic carbocycles. The minimum absolute atomic E-state index is 0.305. The Kier molecular flexibility index (Phi) is 2.28. The second-order valence-corrected chi connectivity index (χ2v) is 4.24. The van der Waals surface area contributed by atoms with Crippen molar-refractivity contribution in [1.82, 2.24) is 4.57 Å². The molecule has 15 heavy (non-hydrogen) atoms. The molecule has 0 saturated carbocycles. The summed E-state index contributed by atoms with van der Waals surface area (Å²) in [5.74, 6) is -0.305. The molecule has 2 aromatic rings. The summed E-state index contributed by atoms with van der Waals surface area (Å²) in [7, 11) is 1.76. The molecular weight excluding hydrogens is 259 g/mol. The van der Waals surface area contributed by atoms with Crippen LogP contribution in [-0.4, -0.2) is 4.57 Å². The number of benzene rings is 1. The first-order valence-electron chi connectivity index (χ1n) is 4.41. The van der Waals surface area contributed by atoms with Gasteiger partial charge in [-0.25, -0.2) is 4.39 Å². The van der Waals surface area contributed by atoms with Crippen molar-refractivity contribution < 1.29 is 4.39 Å². The van der Waals surface area contributed by atoms with E-state index in [1.165, 1.54) is 6.07 Å². The fraction of sp³-hybridized carbons (Fsp3) is 0.182. The van der Waals surface area contributed by atoms with E-state index >= 15 is 0 Å². The lowest BCUT2D eigenvalue weighted by Gasteiger charge is -2.00. The van der Waals surface area contributed by atoms with Crippen LogP contribution >= 0.6 is 15.9 Å². The minimum Gasteiger partial charge on any atom is -0.344 e. The number of hydrogen-bond donors (Lipinski definition) is 0. The highest BCUT2D eigenvalue weighted by molar-refractivity contribution is 9.10. The van der Waals surface area contributed by atoms with Crippen molar-refractivity contribution in [3.8, 4) is 6.07 Å². The molecule has 1 heterocycles. The van der Waals surface area contributed by atoms with Crippen molar-refractivity contribution in [2.75, 3.05) is 0 Å². The summed E-state index contributed by atoms with van der Waals surface area (Å²) in [6, 6.07) is 5.13. The smallest absolute Gasteiger partial charge is 0.147 e. The van der Waals surface area contributed by atoms with Crippen LogP contribution in [0.5, 0.6) is 0 Å². The number of halogens is 2. The lowest BCUT2D eigenvalue weighted by molar-refractivity contribution is 0.631. The van der Waals surface area contributed by atoms with Crippen molar-refractivity contribution in [3.63, 3.8) is 0 Å². The molecule has 76 valence electrons. The van der Waals surface area contributed by atoms with Crippen molar-refractivity contribution in [1.29, 1.82) is 5.26 Å². The van der Waals surface area contributed by atoms with Gasteiger partial charge in [0.2, 0.25) is 0 Å². The number of nitriles is 1. The van der Waals surface area contributed by atoms with Crippen LogP contribution in [0.4, 0.5) is 4.39 Å². The number of aromatic nitrogens is 1. The van der Waals surface area contributed by atoms with Crippen molar-refractivity contribution >= 4 is 26.8 Å². The maximum absolute atomic E-state index is 13.6. The van der Waals surface area contributed by atoms with Crippen LogP contribution in [-0.2, 0) is 7.05 Å². The minimum atomic E-state index is -0.305. The van der Waals surface area contributed by atoms with Crippen LogP contribution < -0.4 is 0 Å². The standard InChI is InChI=1S/C11H8BrFN2/c1-6-7(5-14)10-8(12)3-4-9(13)11(10)15(6)2/h3-4H,1-2H3. The lowest BCUT2D eigenvalue weighted by Crippen LogP contribution is -1.92. The predicted octanol–water partition coefficient (Wildman–Crippen LogP) is 3.26. The Morgan fingerprint density at radius 2 is 2.13 bits per heavy atom. The van der Waals surface area contributed by atoms with Crippen LogP contribution in [0.3, 0.4) is 0 Å². The molecule has 0 radical (unpaired) electrons. The highest BCUT2D eigenvalue weighted by Gasteiger charge is 2.17. The quantitative estimate of drug-likeness (QED) is 0.720. The highest BCUT2D eigenvalue weighted by Crippen LogP contribution is 2.32. The first-order valence-corrected chi connectivity index (χ1v) is 5.20. The zero-order valence-electron chi connectivity index (χ0n) is 8.31. The molecule has 2 nitrogen and oxygen atoms in total. The third-order valence-electron chi connectivity index (χ3n) is 2.64. The van der Waals surface area contributed by atoms with Crippen LogP contribution in [0.15, 0.2) is 16.6 Å². The summed E-state index contributed by atoms with van der Waals surface area (Å²) in [5, 5.41) is 9.69. The molecule has 1 aromatic heterocycles. The SMILES string of the molecule is Cc1c(C#N)c2c(Br)ccc(F)c2n1C. The summed E-state index contributed by atoms with van der Waals surface area (Å²) in [6.45, 7) is 1.81. The molecule has 0 spiro atoms. The van der Waals surface area contributed by atoms with Crippen molar-refractivity contribution in [2.24, 2.45) is 7.05 Å². The van der Waals surface area contributed by atoms with Gasteiger partial charge in [0, 0.05) is 22.6 Å². The van der Waals surface area contributed by atoms with Crippen LogP contribution in [0.25, 0.3) is 10.9 Å². The first-order chi connectivity index (χ1) is 7.07.